The van der Waals surface area contributed by atoms with E-state index in [1.54, 1.807) is 0 Å². The number of ether oxygens (including phenoxy) is 2. The Bertz CT molecular complexity index is 1840. The van der Waals surface area contributed by atoms with Crippen LogP contribution in [-0.2, 0) is 49.7 Å². The molecule has 2 aromatic rings. The van der Waals surface area contributed by atoms with Crippen molar-refractivity contribution in [3.63, 3.8) is 0 Å². The molecule has 0 saturated carbocycles. The monoisotopic (exact) mass is 882 g/mol. The van der Waals surface area contributed by atoms with Gasteiger partial charge in [0.05, 0.1) is 13.2 Å². The molecule has 0 aliphatic carbocycles. The molecular formula is C18H26N4Na4O23P4. The van der Waals surface area contributed by atoms with Gasteiger partial charge in [-0.15, -0.1) is 0 Å². The summed E-state index contributed by atoms with van der Waals surface area (Å²) in [7, 11) is -24.1. The summed E-state index contributed by atoms with van der Waals surface area (Å²) < 4.78 is 80.5. The molecule has 0 bridgehead atoms. The van der Waals surface area contributed by atoms with Gasteiger partial charge in [0.2, 0.25) is 0 Å². The minimum atomic E-state index is -6.24. The van der Waals surface area contributed by atoms with Crippen molar-refractivity contribution in [2.24, 2.45) is 0 Å². The molecule has 0 spiro atoms. The molecule has 12 atom stereocenters. The number of aromatic nitrogens is 4. The summed E-state index contributed by atoms with van der Waals surface area (Å²) in [4.78, 5) is 89.1. The van der Waals surface area contributed by atoms with Gasteiger partial charge in [0.15, 0.2) is 12.5 Å². The minimum absolute atomic E-state index is 0. The Morgan fingerprint density at radius 2 is 0.868 bits per heavy atom. The largest absolute Gasteiger partial charge is 0.490 e. The first-order chi connectivity index (χ1) is 22.5. The Labute approximate surface area is 382 Å². The molecule has 10 N–H and O–H groups in total. The van der Waals surface area contributed by atoms with E-state index in [0.717, 1.165) is 24.5 Å². The van der Waals surface area contributed by atoms with Crippen molar-refractivity contribution >= 4 is 150 Å². The minimum Gasteiger partial charge on any atom is -0.387 e. The molecule has 2 saturated heterocycles. The zero-order valence-corrected chi connectivity index (χ0v) is 39.3. The summed E-state index contributed by atoms with van der Waals surface area (Å²) >= 11 is 0. The quantitative estimate of drug-likeness (QED) is 0.0624. The molecule has 2 aliphatic heterocycles. The van der Waals surface area contributed by atoms with Crippen molar-refractivity contribution in [3.05, 3.63) is 66.2 Å². The van der Waals surface area contributed by atoms with E-state index in [-0.39, 0.29) is 118 Å². The van der Waals surface area contributed by atoms with E-state index >= 15 is 0 Å². The first kappa shape index (κ1) is 54.7. The van der Waals surface area contributed by atoms with Gasteiger partial charge in [-0.05, 0) is 0 Å². The number of hydrogen-bond acceptors (Lipinski definition) is 19. The molecular weight excluding hydrogens is 856 g/mol. The molecule has 2 fully saturated rings. The molecule has 2 aliphatic rings. The van der Waals surface area contributed by atoms with Crippen molar-refractivity contribution in [2.45, 2.75) is 49.1 Å². The van der Waals surface area contributed by atoms with Crippen LogP contribution in [0.4, 0.5) is 0 Å². The molecule has 2 aromatic heterocycles. The number of aliphatic hydroxyl groups is 4. The zero-order valence-electron chi connectivity index (χ0n) is 27.7. The molecule has 4 unspecified atom stereocenters. The van der Waals surface area contributed by atoms with Gasteiger partial charge >= 0.3 is 42.7 Å². The predicted octanol–water partition coefficient (Wildman–Crippen LogP) is -5.71. The van der Waals surface area contributed by atoms with Gasteiger partial charge in [-0.3, -0.25) is 37.7 Å². The Morgan fingerprint density at radius 3 is 1.17 bits per heavy atom. The summed E-state index contributed by atoms with van der Waals surface area (Å²) in [6, 6.07) is 1.73. The second kappa shape index (κ2) is 21.8. The number of nitrogens with zero attached hydrogens (tertiary/aromatic N) is 2. The third kappa shape index (κ3) is 15.0. The number of nitrogens with one attached hydrogen (secondary N) is 2. The van der Waals surface area contributed by atoms with Crippen LogP contribution in [0.2, 0.25) is 0 Å². The Balaban J connectivity index is 0.00000676. The van der Waals surface area contributed by atoms with Gasteiger partial charge < -0.3 is 49.5 Å². The maximum Gasteiger partial charge on any atom is 0.490 e. The second-order valence-corrected chi connectivity index (χ2v) is 16.1. The number of rotatable bonds is 14. The van der Waals surface area contributed by atoms with Gasteiger partial charge in [0, 0.05) is 143 Å². The van der Waals surface area contributed by atoms with Crippen LogP contribution in [-0.4, -0.2) is 227 Å². The molecule has 4 radical (unpaired) electrons. The molecule has 27 nitrogen and oxygen atoms in total. The fourth-order valence-electron chi connectivity index (χ4n) is 4.25. The number of phosphoric acid groups is 4. The molecule has 0 aromatic carbocycles. The van der Waals surface area contributed by atoms with E-state index in [1.165, 1.54) is 0 Å². The molecule has 35 heteroatoms. The summed E-state index contributed by atoms with van der Waals surface area (Å²) in [6.07, 6.45) is -12.6. The van der Waals surface area contributed by atoms with E-state index in [0.29, 0.717) is 9.13 Å². The van der Waals surface area contributed by atoms with Crippen LogP contribution < -0.4 is 22.5 Å². The van der Waals surface area contributed by atoms with Crippen LogP contribution in [0.1, 0.15) is 12.5 Å². The number of phosphoric ester groups is 2. The number of aromatic amines is 2. The number of aliphatic hydroxyl groups excluding tert-OH is 4. The van der Waals surface area contributed by atoms with Gasteiger partial charge in [-0.25, -0.2) is 27.8 Å². The first-order valence-electron chi connectivity index (χ1n) is 12.9. The maximum absolute atomic E-state index is 12.2. The third-order valence-electron chi connectivity index (χ3n) is 6.35. The number of H-pyrrole nitrogens is 2. The van der Waals surface area contributed by atoms with Crippen molar-refractivity contribution in [1.82, 2.24) is 19.1 Å². The van der Waals surface area contributed by atoms with Gasteiger partial charge in [-0.1, -0.05) is 0 Å². The SMILES string of the molecule is O=c1ccn([C@@H]2O[C@H](COP(=O)(O)OP(=O)(O)OP(=O)(O)OP(=O)(O)OC[C@H]3O[C@@H](n4ccc(=O)[nH]c4=O)[C@H](O)[C@@H]3O)[C@@H](O)[C@H]2O)c(=O)[nH]1.[Na].[Na].[Na].[Na]. The second-order valence-electron chi connectivity index (χ2n) is 9.84. The van der Waals surface area contributed by atoms with Crippen LogP contribution in [0, 0.1) is 0 Å². The fourth-order valence-corrected chi connectivity index (χ4v) is 9.20. The normalized spacial score (nSPS) is 29.7. The molecule has 280 valence electrons. The van der Waals surface area contributed by atoms with Crippen LogP contribution in [0.15, 0.2) is 43.7 Å². The Kier molecular flexibility index (Phi) is 22.5. The van der Waals surface area contributed by atoms with Gasteiger partial charge in [0.1, 0.15) is 36.6 Å². The zero-order chi connectivity index (χ0) is 36.7. The van der Waals surface area contributed by atoms with E-state index in [4.69, 9.17) is 9.47 Å². The van der Waals surface area contributed by atoms with Crippen molar-refractivity contribution < 1.29 is 89.7 Å². The Hall–Kier alpha value is 1.68. The summed E-state index contributed by atoms with van der Waals surface area (Å²) in [5, 5.41) is 40.7. The summed E-state index contributed by atoms with van der Waals surface area (Å²) in [5.74, 6) is 0. The van der Waals surface area contributed by atoms with E-state index in [1.807, 2.05) is 9.97 Å². The van der Waals surface area contributed by atoms with E-state index in [9.17, 15) is 77.4 Å². The van der Waals surface area contributed by atoms with Crippen molar-refractivity contribution in [2.75, 3.05) is 13.2 Å². The maximum atomic E-state index is 12.2. The topological polar surface area (TPSA) is 404 Å². The molecule has 53 heavy (non-hydrogen) atoms. The Morgan fingerprint density at radius 1 is 0.566 bits per heavy atom. The predicted molar refractivity (Wildman–Crippen MR) is 172 cm³/mol. The average Bonchev–Trinajstić information content (AvgIpc) is 3.38. The van der Waals surface area contributed by atoms with Gasteiger partial charge in [-0.2, -0.15) is 12.9 Å². The van der Waals surface area contributed by atoms with E-state index in [2.05, 4.69) is 22.0 Å². The van der Waals surface area contributed by atoms with Crippen LogP contribution >= 0.6 is 31.3 Å². The van der Waals surface area contributed by atoms with Crippen LogP contribution in [0.3, 0.4) is 0 Å². The van der Waals surface area contributed by atoms with Crippen LogP contribution in [0.25, 0.3) is 0 Å². The summed E-state index contributed by atoms with van der Waals surface area (Å²) in [5.41, 5.74) is -3.78. The molecule has 4 heterocycles. The fraction of sp³-hybridized carbons (Fsp3) is 0.556. The van der Waals surface area contributed by atoms with Crippen molar-refractivity contribution in [1.29, 1.82) is 0 Å². The smallest absolute Gasteiger partial charge is 0.387 e. The third-order valence-corrected chi connectivity index (χ3v) is 12.3. The molecule has 4 rings (SSSR count). The standard InChI is InChI=1S/C18H26N4O23P4.4Na/c23-9-1-3-21(17(29)19-9)15-13(27)11(25)7(41-15)5-39-46(31,32)43-48(35,36)45-49(37,38)44-47(33,34)40-6-8-12(26)14(28)16(42-8)22-4-2-10(24)20-18(22)30;;;;/h1-4,7-8,11-16,25-28H,5-6H2,(H,31,32)(H,33,34)(H,35,36)(H,37,38)(H,19,23,29)(H,20,24,30);;;;/t7-,8-,11-,12-,13-,14-,15-,16-;;;;/m1..../s1. The molecule has 0 amide bonds. The van der Waals surface area contributed by atoms with Crippen molar-refractivity contribution in [3.8, 4) is 0 Å². The van der Waals surface area contributed by atoms with Crippen LogP contribution in [0.5, 0.6) is 0 Å². The first-order valence-corrected chi connectivity index (χ1v) is 18.9. The van der Waals surface area contributed by atoms with E-state index < -0.39 is 116 Å². The van der Waals surface area contributed by atoms with Gasteiger partial charge in [0.25, 0.3) is 11.1 Å². The number of hydrogen-bond donors (Lipinski definition) is 10. The average molecular weight is 882 g/mol. The summed E-state index contributed by atoms with van der Waals surface area (Å²) in [6.45, 7) is -2.43.